The summed E-state index contributed by atoms with van der Waals surface area (Å²) >= 11 is 0. The fourth-order valence-electron chi connectivity index (χ4n) is 3.55. The summed E-state index contributed by atoms with van der Waals surface area (Å²) in [5.74, 6) is 1.36. The molecule has 0 aliphatic carbocycles. The zero-order valence-corrected chi connectivity index (χ0v) is 18.7. The maximum atomic E-state index is 10.4. The molecule has 0 aromatic heterocycles. The van der Waals surface area contributed by atoms with E-state index < -0.39 is 6.10 Å². The number of hydrogen-bond donors (Lipinski definition) is 2. The maximum Gasteiger partial charge on any atom is 0.161 e. The van der Waals surface area contributed by atoms with Gasteiger partial charge in [-0.3, -0.25) is 0 Å². The number of rotatable bonds is 11. The van der Waals surface area contributed by atoms with Crippen molar-refractivity contribution in [2.75, 3.05) is 47.0 Å². The number of aliphatic hydroxyl groups is 1. The standard InChI is InChI=1S/C23H40N2O4/c1-23(2,28-4)18-24-15-19-10-11-21(22(14-19)27-3)29-17-20(26)16-25-12-8-6-5-7-9-13-25/h10-11,14,20,24,26H,5-9,12-13,15-18H2,1-4H3/t20-/m1/s1. The van der Waals surface area contributed by atoms with Gasteiger partial charge >= 0.3 is 0 Å². The van der Waals surface area contributed by atoms with Gasteiger partial charge in [0.15, 0.2) is 11.5 Å². The van der Waals surface area contributed by atoms with Crippen molar-refractivity contribution in [3.05, 3.63) is 23.8 Å². The number of nitrogens with one attached hydrogen (secondary N) is 1. The average Bonchev–Trinajstić information content (AvgIpc) is 2.68. The molecule has 29 heavy (non-hydrogen) atoms. The second kappa shape index (κ2) is 12.4. The highest BCUT2D eigenvalue weighted by atomic mass is 16.5. The highest BCUT2D eigenvalue weighted by Crippen LogP contribution is 2.28. The number of benzene rings is 1. The van der Waals surface area contributed by atoms with Crippen LogP contribution in [-0.4, -0.2) is 68.7 Å². The monoisotopic (exact) mass is 408 g/mol. The second-order valence-electron chi connectivity index (χ2n) is 8.59. The molecule has 0 bridgehead atoms. The minimum absolute atomic E-state index is 0.199. The zero-order valence-electron chi connectivity index (χ0n) is 18.7. The molecule has 0 radical (unpaired) electrons. The number of likely N-dealkylation sites (tertiary alicyclic amines) is 1. The van der Waals surface area contributed by atoms with E-state index in [-0.39, 0.29) is 12.2 Å². The SMILES string of the molecule is COc1cc(CNCC(C)(C)OC)ccc1OC[C@H](O)CN1CCCCCCC1. The first kappa shape index (κ1) is 23.9. The van der Waals surface area contributed by atoms with Crippen LogP contribution in [0.2, 0.25) is 0 Å². The first-order chi connectivity index (χ1) is 13.9. The Hall–Kier alpha value is -1.34. The van der Waals surface area contributed by atoms with Crippen LogP contribution >= 0.6 is 0 Å². The molecule has 0 spiro atoms. The highest BCUT2D eigenvalue weighted by Gasteiger charge is 2.17. The van der Waals surface area contributed by atoms with E-state index in [2.05, 4.69) is 24.1 Å². The molecule has 1 aliphatic heterocycles. The van der Waals surface area contributed by atoms with Crippen LogP contribution in [0, 0.1) is 0 Å². The molecule has 166 valence electrons. The van der Waals surface area contributed by atoms with Crippen LogP contribution < -0.4 is 14.8 Å². The highest BCUT2D eigenvalue weighted by molar-refractivity contribution is 5.43. The van der Waals surface area contributed by atoms with Gasteiger partial charge in [0.25, 0.3) is 0 Å². The van der Waals surface area contributed by atoms with Gasteiger partial charge in [-0.2, -0.15) is 0 Å². The van der Waals surface area contributed by atoms with Crippen molar-refractivity contribution in [3.63, 3.8) is 0 Å². The topological polar surface area (TPSA) is 63.2 Å². The van der Waals surface area contributed by atoms with Gasteiger partial charge in [0.05, 0.1) is 12.7 Å². The summed E-state index contributed by atoms with van der Waals surface area (Å²) in [6.07, 6.45) is 5.87. The van der Waals surface area contributed by atoms with E-state index in [1.165, 1.54) is 32.1 Å². The summed E-state index contributed by atoms with van der Waals surface area (Å²) in [7, 11) is 3.36. The minimum Gasteiger partial charge on any atom is -0.493 e. The summed E-state index contributed by atoms with van der Waals surface area (Å²) in [4.78, 5) is 2.36. The molecule has 6 nitrogen and oxygen atoms in total. The Bertz CT molecular complexity index is 586. The molecule has 1 aromatic rings. The smallest absolute Gasteiger partial charge is 0.161 e. The number of aliphatic hydroxyl groups excluding tert-OH is 1. The molecule has 1 aromatic carbocycles. The third-order valence-corrected chi connectivity index (χ3v) is 5.51. The molecule has 1 saturated heterocycles. The van der Waals surface area contributed by atoms with Crippen LogP contribution in [0.1, 0.15) is 51.5 Å². The van der Waals surface area contributed by atoms with E-state index in [0.29, 0.717) is 18.0 Å². The van der Waals surface area contributed by atoms with E-state index in [0.717, 1.165) is 31.7 Å². The fourth-order valence-corrected chi connectivity index (χ4v) is 3.55. The Labute approximate surface area is 176 Å². The lowest BCUT2D eigenvalue weighted by Gasteiger charge is -2.26. The Morgan fingerprint density at radius 2 is 1.76 bits per heavy atom. The van der Waals surface area contributed by atoms with Gasteiger partial charge < -0.3 is 29.5 Å². The fraction of sp³-hybridized carbons (Fsp3) is 0.739. The summed E-state index contributed by atoms with van der Waals surface area (Å²) < 4.78 is 16.8. The van der Waals surface area contributed by atoms with Crippen LogP contribution in [0.5, 0.6) is 11.5 Å². The van der Waals surface area contributed by atoms with Crippen LogP contribution in [0.4, 0.5) is 0 Å². The maximum absolute atomic E-state index is 10.4. The molecule has 2 N–H and O–H groups in total. The van der Waals surface area contributed by atoms with Crippen molar-refractivity contribution >= 4 is 0 Å². The molecule has 1 heterocycles. The van der Waals surface area contributed by atoms with Gasteiger partial charge in [-0.15, -0.1) is 0 Å². The van der Waals surface area contributed by atoms with Crippen LogP contribution in [0.3, 0.4) is 0 Å². The first-order valence-electron chi connectivity index (χ1n) is 10.9. The lowest BCUT2D eigenvalue weighted by molar-refractivity contribution is 0.0230. The Kier molecular flexibility index (Phi) is 10.2. The van der Waals surface area contributed by atoms with Crippen molar-refractivity contribution < 1.29 is 19.3 Å². The molecule has 0 unspecified atom stereocenters. The van der Waals surface area contributed by atoms with Crippen molar-refractivity contribution in [2.45, 2.75) is 64.2 Å². The Balaban J connectivity index is 1.81. The number of hydrogen-bond acceptors (Lipinski definition) is 6. The number of methoxy groups -OCH3 is 2. The number of β-amino-alcohol motifs (C(OH)–C–C–N with tert-alkyl or cyclic N) is 1. The lowest BCUT2D eigenvalue weighted by Crippen LogP contribution is -2.37. The van der Waals surface area contributed by atoms with Crippen molar-refractivity contribution in [1.29, 1.82) is 0 Å². The van der Waals surface area contributed by atoms with Crippen LogP contribution in [-0.2, 0) is 11.3 Å². The molecule has 2 rings (SSSR count). The predicted molar refractivity (Wildman–Crippen MR) is 117 cm³/mol. The summed E-state index contributed by atoms with van der Waals surface area (Å²) in [5, 5.41) is 13.8. The molecule has 6 heteroatoms. The molecule has 1 atom stereocenters. The van der Waals surface area contributed by atoms with Crippen molar-refractivity contribution in [3.8, 4) is 11.5 Å². The molecular formula is C23H40N2O4. The van der Waals surface area contributed by atoms with Crippen LogP contribution in [0.25, 0.3) is 0 Å². The Morgan fingerprint density at radius 3 is 2.41 bits per heavy atom. The number of nitrogens with zero attached hydrogens (tertiary/aromatic N) is 1. The van der Waals surface area contributed by atoms with Gasteiger partial charge in [-0.25, -0.2) is 0 Å². The van der Waals surface area contributed by atoms with Gasteiger partial charge in [-0.1, -0.05) is 25.3 Å². The van der Waals surface area contributed by atoms with E-state index in [4.69, 9.17) is 14.2 Å². The summed E-state index contributed by atoms with van der Waals surface area (Å²) in [5.41, 5.74) is 0.915. The van der Waals surface area contributed by atoms with Gasteiger partial charge in [0.2, 0.25) is 0 Å². The summed E-state index contributed by atoms with van der Waals surface area (Å²) in [6.45, 7) is 8.66. The van der Waals surface area contributed by atoms with Gasteiger partial charge in [0, 0.05) is 26.7 Å². The molecule has 0 saturated carbocycles. The lowest BCUT2D eigenvalue weighted by atomic mass is 10.1. The zero-order chi connectivity index (χ0) is 21.1. The van der Waals surface area contributed by atoms with E-state index in [9.17, 15) is 5.11 Å². The average molecular weight is 409 g/mol. The molecule has 1 aliphatic rings. The quantitative estimate of drug-likeness (QED) is 0.586. The third-order valence-electron chi connectivity index (χ3n) is 5.51. The number of ether oxygens (including phenoxy) is 3. The third kappa shape index (κ3) is 8.91. The van der Waals surface area contributed by atoms with Gasteiger partial charge in [0.1, 0.15) is 12.7 Å². The molecular weight excluding hydrogens is 368 g/mol. The minimum atomic E-state index is -0.503. The predicted octanol–water partition coefficient (Wildman–Crippen LogP) is 3.22. The van der Waals surface area contributed by atoms with Crippen molar-refractivity contribution in [2.24, 2.45) is 0 Å². The molecule has 0 amide bonds. The second-order valence-corrected chi connectivity index (χ2v) is 8.59. The van der Waals surface area contributed by atoms with Crippen LogP contribution in [0.15, 0.2) is 18.2 Å². The van der Waals surface area contributed by atoms with Crippen molar-refractivity contribution in [1.82, 2.24) is 10.2 Å². The van der Waals surface area contributed by atoms with E-state index in [1.807, 2.05) is 18.2 Å². The van der Waals surface area contributed by atoms with E-state index >= 15 is 0 Å². The largest absolute Gasteiger partial charge is 0.493 e. The van der Waals surface area contributed by atoms with Gasteiger partial charge in [-0.05, 0) is 57.5 Å². The normalized spacial score (nSPS) is 17.4. The first-order valence-corrected chi connectivity index (χ1v) is 10.9. The molecule has 1 fully saturated rings. The Morgan fingerprint density at radius 1 is 1.07 bits per heavy atom. The summed E-state index contributed by atoms with van der Waals surface area (Å²) in [6, 6.07) is 5.92. The van der Waals surface area contributed by atoms with E-state index in [1.54, 1.807) is 14.2 Å².